The first-order valence-electron chi connectivity index (χ1n) is 6.63. The van der Waals surface area contributed by atoms with E-state index in [9.17, 15) is 4.79 Å². The zero-order chi connectivity index (χ0) is 14.4. The van der Waals surface area contributed by atoms with Gasteiger partial charge in [-0.2, -0.15) is 0 Å². The van der Waals surface area contributed by atoms with Gasteiger partial charge < -0.3 is 20.1 Å². The molecule has 2 atom stereocenters. The minimum atomic E-state index is -0.172. The molecule has 0 aromatic heterocycles. The monoisotopic (exact) mass is 342 g/mol. The van der Waals surface area contributed by atoms with Gasteiger partial charge in [0.15, 0.2) is 0 Å². The van der Waals surface area contributed by atoms with E-state index in [0.29, 0.717) is 6.61 Å². The fraction of sp³-hybridized carbons (Fsp3) is 0.500. The molecule has 2 N–H and O–H groups in total. The van der Waals surface area contributed by atoms with Gasteiger partial charge in [-0.3, -0.25) is 4.79 Å². The summed E-state index contributed by atoms with van der Waals surface area (Å²) in [7, 11) is 0. The van der Waals surface area contributed by atoms with Crippen molar-refractivity contribution in [3.05, 3.63) is 28.7 Å². The number of anilines is 1. The molecule has 0 saturated carbocycles. The van der Waals surface area contributed by atoms with E-state index in [1.807, 2.05) is 31.2 Å². The molecule has 0 aliphatic carbocycles. The highest BCUT2D eigenvalue weighted by Crippen LogP contribution is 2.20. The van der Waals surface area contributed by atoms with Crippen LogP contribution in [0.1, 0.15) is 6.92 Å². The van der Waals surface area contributed by atoms with Crippen LogP contribution in [0, 0.1) is 0 Å². The summed E-state index contributed by atoms with van der Waals surface area (Å²) in [4.78, 5) is 11.8. The van der Waals surface area contributed by atoms with Crippen LogP contribution >= 0.6 is 15.9 Å². The molecule has 2 unspecified atom stereocenters. The van der Waals surface area contributed by atoms with Crippen molar-refractivity contribution < 1.29 is 14.3 Å². The van der Waals surface area contributed by atoms with E-state index in [1.54, 1.807) is 0 Å². The fourth-order valence-corrected chi connectivity index (χ4v) is 2.39. The Balaban J connectivity index is 1.69. The number of benzene rings is 1. The maximum atomic E-state index is 11.8. The summed E-state index contributed by atoms with van der Waals surface area (Å²) in [5.41, 5.74) is 0.741. The highest BCUT2D eigenvalue weighted by molar-refractivity contribution is 9.10. The average molecular weight is 343 g/mol. The largest absolute Gasteiger partial charge is 0.370 e. The Morgan fingerprint density at radius 2 is 2.30 bits per heavy atom. The molecule has 1 aliphatic rings. The van der Waals surface area contributed by atoms with Crippen molar-refractivity contribution in [3.63, 3.8) is 0 Å². The van der Waals surface area contributed by atoms with E-state index in [2.05, 4.69) is 26.6 Å². The maximum Gasteiger partial charge on any atom is 0.250 e. The Bertz CT molecular complexity index is 456. The first kappa shape index (κ1) is 15.4. The van der Waals surface area contributed by atoms with Gasteiger partial charge in [-0.05, 0) is 35.0 Å². The lowest BCUT2D eigenvalue weighted by molar-refractivity contribution is -0.123. The van der Waals surface area contributed by atoms with E-state index >= 15 is 0 Å². The van der Waals surface area contributed by atoms with E-state index < -0.39 is 0 Å². The van der Waals surface area contributed by atoms with Crippen molar-refractivity contribution in [2.45, 2.75) is 19.1 Å². The average Bonchev–Trinajstić information content (AvgIpc) is 2.41. The van der Waals surface area contributed by atoms with Crippen molar-refractivity contribution in [3.8, 4) is 0 Å². The molecule has 110 valence electrons. The number of ether oxygens (including phenoxy) is 2. The molecule has 1 fully saturated rings. The van der Waals surface area contributed by atoms with Crippen LogP contribution in [0.5, 0.6) is 0 Å². The molecule has 20 heavy (non-hydrogen) atoms. The zero-order valence-corrected chi connectivity index (χ0v) is 13.0. The molecule has 1 saturated heterocycles. The number of halogens is 1. The Kier molecular flexibility index (Phi) is 5.97. The van der Waals surface area contributed by atoms with Gasteiger partial charge in [0, 0.05) is 17.6 Å². The Morgan fingerprint density at radius 3 is 3.05 bits per heavy atom. The lowest BCUT2D eigenvalue weighted by atomic mass is 10.2. The van der Waals surface area contributed by atoms with Crippen molar-refractivity contribution in [1.82, 2.24) is 5.32 Å². The van der Waals surface area contributed by atoms with Gasteiger partial charge in [0.2, 0.25) is 5.91 Å². The summed E-state index contributed by atoms with van der Waals surface area (Å²) in [6, 6.07) is 7.46. The van der Waals surface area contributed by atoms with E-state index in [-0.39, 0.29) is 24.7 Å². The Labute approximate surface area is 127 Å². The molecule has 6 heteroatoms. The molecular formula is C14H19BrN2O3. The summed E-state index contributed by atoms with van der Waals surface area (Å²) in [6.45, 7) is 4.07. The molecule has 0 spiro atoms. The molecule has 1 aliphatic heterocycles. The zero-order valence-electron chi connectivity index (χ0n) is 11.4. The van der Waals surface area contributed by atoms with Crippen LogP contribution in [0.2, 0.25) is 0 Å². The molecule has 0 radical (unpaired) electrons. The highest BCUT2D eigenvalue weighted by atomic mass is 79.9. The van der Waals surface area contributed by atoms with E-state index in [0.717, 1.165) is 23.2 Å². The number of hydrogen-bond donors (Lipinski definition) is 2. The molecule has 2 rings (SSSR count). The van der Waals surface area contributed by atoms with Gasteiger partial charge in [0.1, 0.15) is 6.61 Å². The summed E-state index contributed by atoms with van der Waals surface area (Å²) in [6.07, 6.45) is 0.196. The van der Waals surface area contributed by atoms with Gasteiger partial charge >= 0.3 is 0 Å². The van der Waals surface area contributed by atoms with Crippen molar-refractivity contribution in [2.75, 3.05) is 31.6 Å². The van der Waals surface area contributed by atoms with Gasteiger partial charge in [-0.1, -0.05) is 12.1 Å². The van der Waals surface area contributed by atoms with Crippen LogP contribution in [0.4, 0.5) is 5.69 Å². The minimum absolute atomic E-state index is 0.00927. The van der Waals surface area contributed by atoms with Gasteiger partial charge in [0.25, 0.3) is 0 Å². The number of carbonyl (C=O) groups is 1. The minimum Gasteiger partial charge on any atom is -0.370 e. The Hall–Kier alpha value is -0.950. The van der Waals surface area contributed by atoms with Crippen LogP contribution in [0.25, 0.3) is 0 Å². The number of hydrogen-bond acceptors (Lipinski definition) is 4. The standard InChI is InChI=1S/C14H19BrN2O3/c1-10-6-16-7-11(20-10)8-19-9-14(18)17-13-5-3-2-4-12(13)15/h2-5,10-11,16H,6-9H2,1H3,(H,17,18). The second kappa shape index (κ2) is 7.73. The van der Waals surface area contributed by atoms with Gasteiger partial charge in [0.05, 0.1) is 24.5 Å². The molecule has 0 bridgehead atoms. The van der Waals surface area contributed by atoms with Crippen LogP contribution in [0.15, 0.2) is 28.7 Å². The van der Waals surface area contributed by atoms with Crippen molar-refractivity contribution in [1.29, 1.82) is 0 Å². The number of carbonyl (C=O) groups excluding carboxylic acids is 1. The number of amides is 1. The quantitative estimate of drug-likeness (QED) is 0.856. The normalized spacial score (nSPS) is 22.5. The first-order valence-corrected chi connectivity index (χ1v) is 7.42. The van der Waals surface area contributed by atoms with E-state index in [4.69, 9.17) is 9.47 Å². The van der Waals surface area contributed by atoms with Gasteiger partial charge in [-0.15, -0.1) is 0 Å². The lowest BCUT2D eigenvalue weighted by Gasteiger charge is -2.28. The summed E-state index contributed by atoms with van der Waals surface area (Å²) in [5, 5.41) is 6.05. The van der Waals surface area contributed by atoms with Crippen molar-refractivity contribution >= 4 is 27.5 Å². The Morgan fingerprint density at radius 1 is 1.50 bits per heavy atom. The van der Waals surface area contributed by atoms with Crippen molar-refractivity contribution in [2.24, 2.45) is 0 Å². The summed E-state index contributed by atoms with van der Waals surface area (Å²) >= 11 is 3.38. The molecule has 1 aromatic rings. The van der Waals surface area contributed by atoms with Crippen LogP contribution < -0.4 is 10.6 Å². The third-order valence-electron chi connectivity index (χ3n) is 2.91. The smallest absolute Gasteiger partial charge is 0.250 e. The van der Waals surface area contributed by atoms with Crippen LogP contribution in [-0.2, 0) is 14.3 Å². The summed E-state index contributed by atoms with van der Waals surface area (Å²) < 4.78 is 11.9. The van der Waals surface area contributed by atoms with Crippen LogP contribution in [0.3, 0.4) is 0 Å². The maximum absolute atomic E-state index is 11.8. The molecule has 5 nitrogen and oxygen atoms in total. The first-order chi connectivity index (χ1) is 9.65. The number of nitrogens with one attached hydrogen (secondary N) is 2. The summed E-state index contributed by atoms with van der Waals surface area (Å²) in [5.74, 6) is -0.172. The highest BCUT2D eigenvalue weighted by Gasteiger charge is 2.19. The number of para-hydroxylation sites is 1. The molecule has 1 aromatic carbocycles. The topological polar surface area (TPSA) is 59.6 Å². The molecular weight excluding hydrogens is 324 g/mol. The fourth-order valence-electron chi connectivity index (χ4n) is 2.00. The second-order valence-electron chi connectivity index (χ2n) is 4.77. The van der Waals surface area contributed by atoms with Crippen LogP contribution in [-0.4, -0.2) is 44.4 Å². The second-order valence-corrected chi connectivity index (χ2v) is 5.62. The van der Waals surface area contributed by atoms with E-state index in [1.165, 1.54) is 0 Å². The SMILES string of the molecule is CC1CNCC(COCC(=O)Nc2ccccc2Br)O1. The molecule has 1 heterocycles. The number of rotatable bonds is 5. The third-order valence-corrected chi connectivity index (χ3v) is 3.60. The number of morpholine rings is 1. The van der Waals surface area contributed by atoms with Gasteiger partial charge in [-0.25, -0.2) is 0 Å². The predicted octanol–water partition coefficient (Wildman–Crippen LogP) is 1.78. The molecule has 1 amide bonds. The lowest BCUT2D eigenvalue weighted by Crippen LogP contribution is -2.45. The predicted molar refractivity (Wildman–Crippen MR) is 80.8 cm³/mol. The third kappa shape index (κ3) is 4.86.